The lowest BCUT2D eigenvalue weighted by Gasteiger charge is -2.30. The first-order valence-electron chi connectivity index (χ1n) is 5.21. The Morgan fingerprint density at radius 1 is 1.23 bits per heavy atom. The normalized spacial score (nSPS) is 26.8. The Kier molecular flexibility index (Phi) is 2.28. The maximum absolute atomic E-state index is 11.6. The van der Waals surface area contributed by atoms with E-state index in [0.29, 0.717) is 0 Å². The van der Waals surface area contributed by atoms with Gasteiger partial charge in [0.15, 0.2) is 0 Å². The predicted molar refractivity (Wildman–Crippen MR) is 49.1 cm³/mol. The number of rotatable bonds is 2. The smallest absolute Gasteiger partial charge is 0.326 e. The van der Waals surface area contributed by atoms with Crippen LogP contribution in [-0.2, 0) is 9.53 Å². The van der Waals surface area contributed by atoms with E-state index in [1.54, 1.807) is 0 Å². The number of hydrogen-bond acceptors (Lipinski definition) is 3. The second-order valence-corrected chi connectivity index (χ2v) is 4.32. The molecule has 3 heteroatoms. The van der Waals surface area contributed by atoms with Crippen LogP contribution < -0.4 is 5.73 Å². The quantitative estimate of drug-likeness (QED) is 0.657. The molecule has 0 aromatic heterocycles. The summed E-state index contributed by atoms with van der Waals surface area (Å²) in [5.74, 6) is -0.158. The second kappa shape index (κ2) is 3.29. The van der Waals surface area contributed by atoms with Crippen molar-refractivity contribution < 1.29 is 9.53 Å². The van der Waals surface area contributed by atoms with Crippen LogP contribution in [-0.4, -0.2) is 17.6 Å². The zero-order valence-electron chi connectivity index (χ0n) is 7.92. The van der Waals surface area contributed by atoms with Crippen molar-refractivity contribution in [3.8, 4) is 0 Å². The van der Waals surface area contributed by atoms with E-state index in [1.165, 1.54) is 6.42 Å². The van der Waals surface area contributed by atoms with Crippen LogP contribution >= 0.6 is 0 Å². The van der Waals surface area contributed by atoms with Gasteiger partial charge in [-0.05, 0) is 32.1 Å². The van der Waals surface area contributed by atoms with Crippen molar-refractivity contribution in [1.29, 1.82) is 0 Å². The summed E-state index contributed by atoms with van der Waals surface area (Å²) in [4.78, 5) is 11.6. The molecule has 0 saturated heterocycles. The van der Waals surface area contributed by atoms with Crippen molar-refractivity contribution in [2.75, 3.05) is 0 Å². The van der Waals surface area contributed by atoms with Crippen molar-refractivity contribution in [2.24, 2.45) is 5.73 Å². The van der Waals surface area contributed by atoms with Gasteiger partial charge in [-0.15, -0.1) is 0 Å². The summed E-state index contributed by atoms with van der Waals surface area (Å²) in [5, 5.41) is 0. The lowest BCUT2D eigenvalue weighted by molar-refractivity contribution is -0.159. The fraction of sp³-hybridized carbons (Fsp3) is 0.900. The molecule has 0 atom stereocenters. The fourth-order valence-corrected chi connectivity index (χ4v) is 1.97. The van der Waals surface area contributed by atoms with Gasteiger partial charge in [0.2, 0.25) is 0 Å². The average molecular weight is 183 g/mol. The average Bonchev–Trinajstić information content (AvgIpc) is 2.45. The fourth-order valence-electron chi connectivity index (χ4n) is 1.97. The summed E-state index contributed by atoms with van der Waals surface area (Å²) in [6.07, 6.45) is 7.16. The molecule has 3 nitrogen and oxygen atoms in total. The number of ether oxygens (including phenoxy) is 1. The first kappa shape index (κ1) is 9.00. The maximum atomic E-state index is 11.6. The van der Waals surface area contributed by atoms with Gasteiger partial charge in [0.25, 0.3) is 0 Å². The molecular formula is C10H17NO2. The van der Waals surface area contributed by atoms with Gasteiger partial charge in [-0.3, -0.25) is 4.79 Å². The van der Waals surface area contributed by atoms with E-state index in [-0.39, 0.29) is 12.1 Å². The molecule has 0 aliphatic heterocycles. The van der Waals surface area contributed by atoms with Gasteiger partial charge in [0, 0.05) is 0 Å². The van der Waals surface area contributed by atoms with Gasteiger partial charge < -0.3 is 10.5 Å². The van der Waals surface area contributed by atoms with Gasteiger partial charge >= 0.3 is 5.97 Å². The van der Waals surface area contributed by atoms with Crippen LogP contribution in [0.15, 0.2) is 0 Å². The Morgan fingerprint density at radius 3 is 2.31 bits per heavy atom. The molecule has 74 valence electrons. The van der Waals surface area contributed by atoms with Crippen molar-refractivity contribution in [2.45, 2.75) is 56.6 Å². The van der Waals surface area contributed by atoms with E-state index >= 15 is 0 Å². The van der Waals surface area contributed by atoms with Crippen LogP contribution in [0.3, 0.4) is 0 Å². The van der Waals surface area contributed by atoms with Crippen LogP contribution in [0, 0.1) is 0 Å². The third-order valence-electron chi connectivity index (χ3n) is 3.23. The minimum Gasteiger partial charge on any atom is -0.461 e. The van der Waals surface area contributed by atoms with E-state index in [1.807, 2.05) is 0 Å². The summed E-state index contributed by atoms with van der Waals surface area (Å²) >= 11 is 0. The van der Waals surface area contributed by atoms with Crippen molar-refractivity contribution in [3.63, 3.8) is 0 Å². The van der Waals surface area contributed by atoms with Gasteiger partial charge in [-0.2, -0.15) is 0 Å². The summed E-state index contributed by atoms with van der Waals surface area (Å²) in [6.45, 7) is 0. The molecule has 2 aliphatic carbocycles. The van der Waals surface area contributed by atoms with Crippen molar-refractivity contribution in [3.05, 3.63) is 0 Å². The largest absolute Gasteiger partial charge is 0.461 e. The molecule has 2 N–H and O–H groups in total. The molecule has 0 amide bonds. The van der Waals surface area contributed by atoms with Gasteiger partial charge in [0.05, 0.1) is 0 Å². The Labute approximate surface area is 78.6 Å². The number of carbonyl (C=O) groups is 1. The highest BCUT2D eigenvalue weighted by atomic mass is 16.5. The Balaban J connectivity index is 1.87. The van der Waals surface area contributed by atoms with E-state index in [9.17, 15) is 4.79 Å². The molecule has 0 aromatic carbocycles. The number of hydrogen-bond donors (Lipinski definition) is 1. The molecule has 0 bridgehead atoms. The van der Waals surface area contributed by atoms with Crippen LogP contribution in [0.25, 0.3) is 0 Å². The molecular weight excluding hydrogens is 166 g/mol. The zero-order valence-corrected chi connectivity index (χ0v) is 7.92. The predicted octanol–water partition coefficient (Wildman–Crippen LogP) is 1.35. The minimum atomic E-state index is -0.643. The Bertz CT molecular complexity index is 205. The highest BCUT2D eigenvalue weighted by molar-refractivity contribution is 5.81. The van der Waals surface area contributed by atoms with Crippen LogP contribution in [0.1, 0.15) is 44.9 Å². The van der Waals surface area contributed by atoms with Gasteiger partial charge in [-0.25, -0.2) is 0 Å². The third kappa shape index (κ3) is 1.70. The van der Waals surface area contributed by atoms with E-state index in [4.69, 9.17) is 10.5 Å². The molecule has 2 aliphatic rings. The van der Waals surface area contributed by atoms with Crippen LogP contribution in [0.5, 0.6) is 0 Å². The van der Waals surface area contributed by atoms with Crippen molar-refractivity contribution >= 4 is 5.97 Å². The van der Waals surface area contributed by atoms with E-state index in [2.05, 4.69) is 0 Å². The number of nitrogens with two attached hydrogens (primary N) is 1. The molecule has 0 spiro atoms. The van der Waals surface area contributed by atoms with Gasteiger partial charge in [0.1, 0.15) is 11.6 Å². The van der Waals surface area contributed by atoms with Crippen LogP contribution in [0.4, 0.5) is 0 Å². The van der Waals surface area contributed by atoms with Crippen LogP contribution in [0.2, 0.25) is 0 Å². The van der Waals surface area contributed by atoms with Crippen molar-refractivity contribution in [1.82, 2.24) is 0 Å². The highest BCUT2D eigenvalue weighted by Gasteiger charge is 2.40. The highest BCUT2D eigenvalue weighted by Crippen LogP contribution is 2.31. The molecule has 0 aromatic rings. The Hall–Kier alpha value is -0.570. The molecule has 2 fully saturated rings. The standard InChI is InChI=1S/C10H17NO2/c11-10(6-1-2-7-10)9(12)13-8-4-3-5-8/h8H,1-7,11H2. The second-order valence-electron chi connectivity index (χ2n) is 4.32. The molecule has 0 unspecified atom stereocenters. The van der Waals surface area contributed by atoms with E-state index in [0.717, 1.165) is 38.5 Å². The first-order valence-corrected chi connectivity index (χ1v) is 5.21. The topological polar surface area (TPSA) is 52.3 Å². The third-order valence-corrected chi connectivity index (χ3v) is 3.23. The monoisotopic (exact) mass is 183 g/mol. The molecule has 2 rings (SSSR count). The molecule has 2 saturated carbocycles. The lowest BCUT2D eigenvalue weighted by atomic mass is 9.95. The first-order chi connectivity index (χ1) is 6.21. The maximum Gasteiger partial charge on any atom is 0.326 e. The lowest BCUT2D eigenvalue weighted by Crippen LogP contribution is -2.48. The molecule has 13 heavy (non-hydrogen) atoms. The Morgan fingerprint density at radius 2 is 1.85 bits per heavy atom. The summed E-state index contributed by atoms with van der Waals surface area (Å²) in [5.41, 5.74) is 5.31. The number of carbonyl (C=O) groups excluding carboxylic acids is 1. The molecule has 0 heterocycles. The van der Waals surface area contributed by atoms with Gasteiger partial charge in [-0.1, -0.05) is 12.8 Å². The summed E-state index contributed by atoms with van der Waals surface area (Å²) in [7, 11) is 0. The number of esters is 1. The summed E-state index contributed by atoms with van der Waals surface area (Å²) < 4.78 is 5.31. The van der Waals surface area contributed by atoms with E-state index < -0.39 is 5.54 Å². The minimum absolute atomic E-state index is 0.158. The zero-order chi connectivity index (χ0) is 9.31. The summed E-state index contributed by atoms with van der Waals surface area (Å²) in [6, 6.07) is 0. The molecule has 0 radical (unpaired) electrons. The SMILES string of the molecule is NC1(C(=O)OC2CCC2)CCCC1.